The van der Waals surface area contributed by atoms with E-state index in [0.717, 1.165) is 38.8 Å². The molecule has 0 aromatic rings. The maximum absolute atomic E-state index is 10.8. The van der Waals surface area contributed by atoms with Crippen LogP contribution in [0.4, 0.5) is 0 Å². The molecule has 0 atom stereocenters. The highest BCUT2D eigenvalue weighted by Crippen LogP contribution is 2.31. The first-order valence-electron chi connectivity index (χ1n) is 8.35. The molecular weight excluding hydrogens is 236 g/mol. The third-order valence-corrected chi connectivity index (χ3v) is 5.05. The molecule has 19 heavy (non-hydrogen) atoms. The molecule has 0 aromatic carbocycles. The molecule has 0 heterocycles. The zero-order chi connectivity index (χ0) is 13.7. The first kappa shape index (κ1) is 15.3. The first-order valence-corrected chi connectivity index (χ1v) is 8.35. The van der Waals surface area contributed by atoms with Gasteiger partial charge in [0, 0.05) is 18.6 Å². The van der Waals surface area contributed by atoms with Crippen molar-refractivity contribution >= 4 is 0 Å². The average molecular weight is 268 g/mol. The predicted octanol–water partition coefficient (Wildman–Crippen LogP) is 2.66. The van der Waals surface area contributed by atoms with Crippen molar-refractivity contribution in [2.75, 3.05) is 13.1 Å². The van der Waals surface area contributed by atoms with Crippen LogP contribution in [0.2, 0.25) is 0 Å². The van der Waals surface area contributed by atoms with Crippen LogP contribution in [-0.4, -0.2) is 40.8 Å². The van der Waals surface area contributed by atoms with E-state index < -0.39 is 5.60 Å². The molecule has 0 saturated heterocycles. The Kier molecular flexibility index (Phi) is 5.67. The molecule has 0 aliphatic heterocycles. The van der Waals surface area contributed by atoms with Crippen LogP contribution in [0, 0.1) is 0 Å². The van der Waals surface area contributed by atoms with Crippen LogP contribution in [0.5, 0.6) is 0 Å². The van der Waals surface area contributed by atoms with Gasteiger partial charge in [0.05, 0.1) is 5.60 Å². The number of aliphatic hydroxyl groups is 1. The summed E-state index contributed by atoms with van der Waals surface area (Å²) in [6.45, 7) is 4.26. The summed E-state index contributed by atoms with van der Waals surface area (Å²) < 4.78 is 0. The minimum Gasteiger partial charge on any atom is -0.389 e. The number of nitrogens with two attached hydrogens (primary N) is 1. The van der Waals surface area contributed by atoms with E-state index in [1.54, 1.807) is 0 Å². The second-order valence-electron chi connectivity index (χ2n) is 6.82. The fraction of sp³-hybridized carbons (Fsp3) is 1.00. The molecule has 2 saturated carbocycles. The normalized spacial score (nSPS) is 31.6. The van der Waals surface area contributed by atoms with E-state index >= 15 is 0 Å². The molecule has 0 radical (unpaired) electrons. The molecule has 112 valence electrons. The van der Waals surface area contributed by atoms with E-state index in [2.05, 4.69) is 11.8 Å². The molecule has 3 nitrogen and oxygen atoms in total. The lowest BCUT2D eigenvalue weighted by Crippen LogP contribution is -2.50. The lowest BCUT2D eigenvalue weighted by molar-refractivity contribution is -0.0399. The van der Waals surface area contributed by atoms with Crippen molar-refractivity contribution in [2.45, 2.75) is 88.8 Å². The zero-order valence-corrected chi connectivity index (χ0v) is 12.6. The monoisotopic (exact) mass is 268 g/mol. The topological polar surface area (TPSA) is 49.5 Å². The van der Waals surface area contributed by atoms with Gasteiger partial charge in [0.2, 0.25) is 0 Å². The van der Waals surface area contributed by atoms with Crippen molar-refractivity contribution in [2.24, 2.45) is 5.73 Å². The minimum atomic E-state index is -0.410. The van der Waals surface area contributed by atoms with Crippen molar-refractivity contribution in [1.29, 1.82) is 0 Å². The van der Waals surface area contributed by atoms with E-state index in [4.69, 9.17) is 5.73 Å². The third-order valence-electron chi connectivity index (χ3n) is 5.05. The minimum absolute atomic E-state index is 0.410. The van der Waals surface area contributed by atoms with Crippen molar-refractivity contribution < 1.29 is 5.11 Å². The van der Waals surface area contributed by atoms with Crippen LogP contribution in [0.1, 0.15) is 71.1 Å². The van der Waals surface area contributed by atoms with Crippen LogP contribution >= 0.6 is 0 Å². The van der Waals surface area contributed by atoms with Crippen molar-refractivity contribution in [3.05, 3.63) is 0 Å². The Morgan fingerprint density at radius 1 is 1.11 bits per heavy atom. The Bertz CT molecular complexity index is 255. The summed E-state index contributed by atoms with van der Waals surface area (Å²) in [4.78, 5) is 2.57. The van der Waals surface area contributed by atoms with Gasteiger partial charge in [0.15, 0.2) is 0 Å². The highest BCUT2D eigenvalue weighted by atomic mass is 16.3. The Morgan fingerprint density at radius 3 is 2.32 bits per heavy atom. The summed E-state index contributed by atoms with van der Waals surface area (Å²) in [6.07, 6.45) is 11.6. The van der Waals surface area contributed by atoms with Gasteiger partial charge in [-0.25, -0.2) is 0 Å². The lowest BCUT2D eigenvalue weighted by atomic mass is 9.83. The van der Waals surface area contributed by atoms with E-state index in [0.29, 0.717) is 12.1 Å². The summed E-state index contributed by atoms with van der Waals surface area (Å²) in [6, 6.07) is 1.07. The summed E-state index contributed by atoms with van der Waals surface area (Å²) >= 11 is 0. The summed E-state index contributed by atoms with van der Waals surface area (Å²) in [7, 11) is 0. The number of hydrogen-bond acceptors (Lipinski definition) is 3. The van der Waals surface area contributed by atoms with Gasteiger partial charge in [-0.05, 0) is 51.5 Å². The lowest BCUT2D eigenvalue weighted by Gasteiger charge is -2.42. The van der Waals surface area contributed by atoms with Crippen molar-refractivity contribution in [1.82, 2.24) is 4.90 Å². The van der Waals surface area contributed by atoms with Gasteiger partial charge in [-0.2, -0.15) is 0 Å². The molecule has 2 fully saturated rings. The standard InChI is InChI=1S/C16H32N2O/c1-2-12-18(15-8-6-14(17)7-9-15)13-16(19)10-4-3-5-11-16/h14-15,19H,2-13,17H2,1H3. The highest BCUT2D eigenvalue weighted by Gasteiger charge is 2.34. The molecule has 0 amide bonds. The molecule has 2 aliphatic carbocycles. The van der Waals surface area contributed by atoms with Gasteiger partial charge >= 0.3 is 0 Å². The van der Waals surface area contributed by atoms with E-state index in [9.17, 15) is 5.11 Å². The molecule has 3 N–H and O–H groups in total. The van der Waals surface area contributed by atoms with Crippen LogP contribution in [0.3, 0.4) is 0 Å². The Balaban J connectivity index is 1.91. The quantitative estimate of drug-likeness (QED) is 0.806. The largest absolute Gasteiger partial charge is 0.389 e. The Morgan fingerprint density at radius 2 is 1.74 bits per heavy atom. The molecule has 0 unspecified atom stereocenters. The van der Waals surface area contributed by atoms with E-state index in [-0.39, 0.29) is 0 Å². The van der Waals surface area contributed by atoms with E-state index in [1.165, 1.54) is 38.5 Å². The smallest absolute Gasteiger partial charge is 0.0774 e. The van der Waals surface area contributed by atoms with E-state index in [1.807, 2.05) is 0 Å². The zero-order valence-electron chi connectivity index (χ0n) is 12.6. The van der Waals surface area contributed by atoms with Gasteiger partial charge in [-0.15, -0.1) is 0 Å². The van der Waals surface area contributed by atoms with Gasteiger partial charge in [0.1, 0.15) is 0 Å². The number of hydrogen-bond donors (Lipinski definition) is 2. The second-order valence-corrected chi connectivity index (χ2v) is 6.82. The van der Waals surface area contributed by atoms with Crippen molar-refractivity contribution in [3.8, 4) is 0 Å². The van der Waals surface area contributed by atoms with Crippen LogP contribution in [0.15, 0.2) is 0 Å². The molecular formula is C16H32N2O. The van der Waals surface area contributed by atoms with Gasteiger partial charge in [-0.1, -0.05) is 26.2 Å². The summed E-state index contributed by atoms with van der Waals surface area (Å²) in [5.74, 6) is 0. The SMILES string of the molecule is CCCN(CC1(O)CCCCC1)C1CCC(N)CC1. The molecule has 0 spiro atoms. The fourth-order valence-corrected chi connectivity index (χ4v) is 3.89. The maximum atomic E-state index is 10.8. The number of rotatable bonds is 5. The molecule has 0 aromatic heterocycles. The average Bonchev–Trinajstić information content (AvgIpc) is 2.40. The molecule has 3 heteroatoms. The van der Waals surface area contributed by atoms with Gasteiger partial charge < -0.3 is 10.8 Å². The van der Waals surface area contributed by atoms with Gasteiger partial charge in [0.25, 0.3) is 0 Å². The van der Waals surface area contributed by atoms with Crippen molar-refractivity contribution in [3.63, 3.8) is 0 Å². The van der Waals surface area contributed by atoms with Crippen LogP contribution < -0.4 is 5.73 Å². The van der Waals surface area contributed by atoms with Crippen LogP contribution in [0.25, 0.3) is 0 Å². The highest BCUT2D eigenvalue weighted by molar-refractivity contribution is 4.89. The van der Waals surface area contributed by atoms with Gasteiger partial charge in [-0.3, -0.25) is 4.90 Å². The molecule has 0 bridgehead atoms. The maximum Gasteiger partial charge on any atom is 0.0774 e. The summed E-state index contributed by atoms with van der Waals surface area (Å²) in [5, 5.41) is 10.8. The summed E-state index contributed by atoms with van der Waals surface area (Å²) in [5.41, 5.74) is 5.60. The molecule has 2 aliphatic rings. The fourth-order valence-electron chi connectivity index (χ4n) is 3.89. The second kappa shape index (κ2) is 7.05. The Hall–Kier alpha value is -0.120. The predicted molar refractivity (Wildman–Crippen MR) is 80.1 cm³/mol. The first-order chi connectivity index (χ1) is 9.13. The van der Waals surface area contributed by atoms with Crippen LogP contribution in [-0.2, 0) is 0 Å². The Labute approximate surface area is 118 Å². The molecule has 2 rings (SSSR count). The number of nitrogens with zero attached hydrogens (tertiary/aromatic N) is 1. The third kappa shape index (κ3) is 4.44.